The third kappa shape index (κ3) is 6.78. The second kappa shape index (κ2) is 12.6. The number of piperazine rings is 2. The van der Waals surface area contributed by atoms with Crippen molar-refractivity contribution in [1.29, 1.82) is 0 Å². The molecule has 8 nitrogen and oxygen atoms in total. The molecule has 0 bridgehead atoms. The van der Waals surface area contributed by atoms with Crippen molar-refractivity contribution in [2.75, 3.05) is 63.8 Å². The average Bonchev–Trinajstić information content (AvgIpc) is 3.00. The van der Waals surface area contributed by atoms with Gasteiger partial charge in [-0.15, -0.1) is 0 Å². The van der Waals surface area contributed by atoms with E-state index in [0.717, 1.165) is 60.5 Å². The molecule has 2 fully saturated rings. The molecule has 204 valence electrons. The minimum absolute atomic E-state index is 0.0177. The molecule has 2 aromatic carbocycles. The van der Waals surface area contributed by atoms with Gasteiger partial charge in [0.2, 0.25) is 5.91 Å². The first kappa shape index (κ1) is 27.1. The molecule has 0 unspecified atom stereocenters. The summed E-state index contributed by atoms with van der Waals surface area (Å²) in [6.07, 6.45) is 0. The number of hydrogen-bond acceptors (Lipinski definition) is 7. The van der Waals surface area contributed by atoms with Crippen molar-refractivity contribution in [3.63, 3.8) is 0 Å². The molecule has 2 aliphatic rings. The Morgan fingerprint density at radius 2 is 1.49 bits per heavy atom. The van der Waals surface area contributed by atoms with Crippen LogP contribution in [0.15, 0.2) is 65.8 Å². The molecule has 0 atom stereocenters. The number of amides is 2. The number of benzene rings is 2. The minimum atomic E-state index is 0.0177. The van der Waals surface area contributed by atoms with Crippen molar-refractivity contribution in [3.05, 3.63) is 71.8 Å². The number of aromatic nitrogens is 2. The summed E-state index contributed by atoms with van der Waals surface area (Å²) in [6.45, 7) is 11.2. The van der Waals surface area contributed by atoms with E-state index >= 15 is 0 Å². The van der Waals surface area contributed by atoms with Crippen molar-refractivity contribution >= 4 is 29.4 Å². The van der Waals surface area contributed by atoms with Gasteiger partial charge < -0.3 is 19.6 Å². The number of anilines is 1. The van der Waals surface area contributed by atoms with Crippen LogP contribution in [0.3, 0.4) is 0 Å². The lowest BCUT2D eigenvalue weighted by molar-refractivity contribution is -0.130. The molecule has 2 saturated heterocycles. The van der Waals surface area contributed by atoms with Crippen LogP contribution >= 0.6 is 11.8 Å². The monoisotopic (exact) mass is 544 g/mol. The highest BCUT2D eigenvalue weighted by molar-refractivity contribution is 7.98. The van der Waals surface area contributed by atoms with Crippen LogP contribution in [-0.2, 0) is 10.5 Å². The van der Waals surface area contributed by atoms with Crippen LogP contribution in [0.4, 0.5) is 5.82 Å². The average molecular weight is 545 g/mol. The zero-order valence-corrected chi connectivity index (χ0v) is 23.6. The van der Waals surface area contributed by atoms with Crippen LogP contribution < -0.4 is 4.90 Å². The Bertz CT molecular complexity index is 1270. The van der Waals surface area contributed by atoms with Crippen LogP contribution in [0.1, 0.15) is 29.8 Å². The van der Waals surface area contributed by atoms with E-state index in [2.05, 4.69) is 34.9 Å². The van der Waals surface area contributed by atoms with Crippen LogP contribution in [0.2, 0.25) is 0 Å². The van der Waals surface area contributed by atoms with E-state index in [4.69, 9.17) is 9.97 Å². The van der Waals surface area contributed by atoms with E-state index in [1.807, 2.05) is 47.4 Å². The third-order valence-corrected chi connectivity index (χ3v) is 8.40. The Morgan fingerprint density at radius 3 is 2.13 bits per heavy atom. The molecule has 3 heterocycles. The largest absolute Gasteiger partial charge is 0.354 e. The Kier molecular flexibility index (Phi) is 8.78. The molecule has 5 rings (SSSR count). The Hall–Kier alpha value is -3.43. The lowest BCUT2D eigenvalue weighted by Gasteiger charge is -2.35. The summed E-state index contributed by atoms with van der Waals surface area (Å²) in [7, 11) is 0. The van der Waals surface area contributed by atoms with Gasteiger partial charge in [0.25, 0.3) is 5.91 Å². The SMILES string of the molecule is CCN1CCN(c2cc(-c3ccccc3)nc(SCc3ccc(C(=O)N4CCN(C(C)=O)CC4)cc3)n2)CC1. The van der Waals surface area contributed by atoms with Crippen molar-refractivity contribution < 1.29 is 9.59 Å². The highest BCUT2D eigenvalue weighted by Gasteiger charge is 2.23. The summed E-state index contributed by atoms with van der Waals surface area (Å²) in [5.41, 5.74) is 3.81. The fourth-order valence-corrected chi connectivity index (χ4v) is 5.80. The lowest BCUT2D eigenvalue weighted by atomic mass is 10.1. The highest BCUT2D eigenvalue weighted by Crippen LogP contribution is 2.28. The first-order chi connectivity index (χ1) is 19.0. The van der Waals surface area contributed by atoms with E-state index in [9.17, 15) is 9.59 Å². The molecule has 0 N–H and O–H groups in total. The van der Waals surface area contributed by atoms with Gasteiger partial charge in [0.1, 0.15) is 5.82 Å². The second-order valence-electron chi connectivity index (χ2n) is 9.97. The summed E-state index contributed by atoms with van der Waals surface area (Å²) in [6, 6.07) is 20.2. The summed E-state index contributed by atoms with van der Waals surface area (Å²) in [5, 5.41) is 0.757. The van der Waals surface area contributed by atoms with E-state index in [1.165, 1.54) is 0 Å². The van der Waals surface area contributed by atoms with Gasteiger partial charge in [-0.05, 0) is 24.2 Å². The molecule has 2 amide bonds. The number of rotatable bonds is 7. The predicted octanol–water partition coefficient (Wildman–Crippen LogP) is 3.88. The van der Waals surface area contributed by atoms with Gasteiger partial charge in [-0.25, -0.2) is 9.97 Å². The van der Waals surface area contributed by atoms with Gasteiger partial charge >= 0.3 is 0 Å². The van der Waals surface area contributed by atoms with Crippen LogP contribution in [-0.4, -0.2) is 95.4 Å². The first-order valence-corrected chi connectivity index (χ1v) is 14.7. The molecule has 0 saturated carbocycles. The smallest absolute Gasteiger partial charge is 0.253 e. The molecule has 0 aliphatic carbocycles. The molecular weight excluding hydrogens is 508 g/mol. The second-order valence-corrected chi connectivity index (χ2v) is 10.9. The zero-order valence-electron chi connectivity index (χ0n) is 22.8. The molecule has 0 radical (unpaired) electrons. The van der Waals surface area contributed by atoms with Crippen molar-refractivity contribution in [1.82, 2.24) is 24.7 Å². The molecule has 9 heteroatoms. The normalized spacial score (nSPS) is 16.4. The fourth-order valence-electron chi connectivity index (χ4n) is 4.99. The number of hydrogen-bond donors (Lipinski definition) is 0. The van der Waals surface area contributed by atoms with Crippen molar-refractivity contribution in [2.45, 2.75) is 24.8 Å². The molecule has 3 aromatic rings. The highest BCUT2D eigenvalue weighted by atomic mass is 32.2. The van der Waals surface area contributed by atoms with E-state index < -0.39 is 0 Å². The first-order valence-electron chi connectivity index (χ1n) is 13.7. The van der Waals surface area contributed by atoms with E-state index in [1.54, 1.807) is 23.6 Å². The molecular formula is C30H36N6O2S. The molecule has 0 spiro atoms. The van der Waals surface area contributed by atoms with E-state index in [-0.39, 0.29) is 11.8 Å². The number of carbonyl (C=O) groups excluding carboxylic acids is 2. The van der Waals surface area contributed by atoms with Crippen molar-refractivity contribution in [2.24, 2.45) is 0 Å². The quantitative estimate of drug-likeness (QED) is 0.330. The number of carbonyl (C=O) groups is 2. The van der Waals surface area contributed by atoms with Gasteiger partial charge in [0.05, 0.1) is 5.69 Å². The predicted molar refractivity (Wildman–Crippen MR) is 156 cm³/mol. The maximum Gasteiger partial charge on any atom is 0.253 e. The van der Waals surface area contributed by atoms with Gasteiger partial charge in [-0.1, -0.05) is 61.2 Å². The van der Waals surface area contributed by atoms with Crippen LogP contribution in [0.25, 0.3) is 11.3 Å². The zero-order chi connectivity index (χ0) is 27.2. The summed E-state index contributed by atoms with van der Waals surface area (Å²) in [5.74, 6) is 1.78. The fraction of sp³-hybridized carbons (Fsp3) is 0.400. The van der Waals surface area contributed by atoms with E-state index in [0.29, 0.717) is 37.5 Å². The van der Waals surface area contributed by atoms with Gasteiger partial charge in [-0.3, -0.25) is 9.59 Å². The molecule has 39 heavy (non-hydrogen) atoms. The molecule has 2 aliphatic heterocycles. The topological polar surface area (TPSA) is 72.9 Å². The summed E-state index contributed by atoms with van der Waals surface area (Å²) < 4.78 is 0. The van der Waals surface area contributed by atoms with Crippen molar-refractivity contribution in [3.8, 4) is 11.3 Å². The van der Waals surface area contributed by atoms with Crippen LogP contribution in [0, 0.1) is 0 Å². The Labute approximate surface area is 235 Å². The Balaban J connectivity index is 1.26. The maximum atomic E-state index is 13.0. The number of nitrogens with zero attached hydrogens (tertiary/aromatic N) is 6. The van der Waals surface area contributed by atoms with Crippen LogP contribution in [0.5, 0.6) is 0 Å². The number of thioether (sulfide) groups is 1. The van der Waals surface area contributed by atoms with Gasteiger partial charge in [0.15, 0.2) is 5.16 Å². The van der Waals surface area contributed by atoms with Gasteiger partial charge in [-0.2, -0.15) is 0 Å². The standard InChI is InChI=1S/C30H36N6O2S/c1-3-33-13-15-35(16-14-33)28-21-27(25-7-5-4-6-8-25)31-30(32-28)39-22-24-9-11-26(12-10-24)29(38)36-19-17-34(18-20-36)23(2)37/h4-12,21H,3,13-20,22H2,1-2H3. The summed E-state index contributed by atoms with van der Waals surface area (Å²) >= 11 is 1.62. The van der Waals surface area contributed by atoms with Gasteiger partial charge in [0, 0.05) is 82.2 Å². The minimum Gasteiger partial charge on any atom is -0.354 e. The third-order valence-electron chi connectivity index (χ3n) is 7.49. The Morgan fingerprint density at radius 1 is 0.821 bits per heavy atom. The lowest BCUT2D eigenvalue weighted by Crippen LogP contribution is -2.50. The number of likely N-dealkylation sites (N-methyl/N-ethyl adjacent to an activating group) is 1. The maximum absolute atomic E-state index is 13.0. The summed E-state index contributed by atoms with van der Waals surface area (Å²) in [4.78, 5) is 42.8. The molecule has 1 aromatic heterocycles.